The maximum Gasteiger partial charge on any atom is 0.150 e. The minimum Gasteiger partial charge on any atom is -0.308 e. The van der Waals surface area contributed by atoms with Crippen LogP contribution in [0.25, 0.3) is 22.2 Å². The molecule has 22 heavy (non-hydrogen) atoms. The lowest BCUT2D eigenvalue weighted by atomic mass is 10.1. The standard InChI is InChI=1S/C15H18IN5S/c1-11-9-21(22-16)15-14(11)6-12(7-17-15)13-8-18-20(10-13)5-4-19(2)3/h6-10H,4-5H2,1-3H3. The van der Waals surface area contributed by atoms with E-state index in [4.69, 9.17) is 0 Å². The molecule has 3 rings (SSSR count). The largest absolute Gasteiger partial charge is 0.308 e. The first-order chi connectivity index (χ1) is 10.6. The van der Waals surface area contributed by atoms with E-state index < -0.39 is 0 Å². The number of rotatable bonds is 5. The van der Waals surface area contributed by atoms with E-state index in [2.05, 4.69) is 79.6 Å². The van der Waals surface area contributed by atoms with Crippen LogP contribution in [0.2, 0.25) is 0 Å². The summed E-state index contributed by atoms with van der Waals surface area (Å²) in [5.74, 6) is 0. The zero-order chi connectivity index (χ0) is 15.7. The van der Waals surface area contributed by atoms with Crippen LogP contribution in [-0.2, 0) is 6.54 Å². The fourth-order valence-corrected chi connectivity index (χ4v) is 3.69. The van der Waals surface area contributed by atoms with Gasteiger partial charge >= 0.3 is 0 Å². The molecule has 0 fully saturated rings. The fourth-order valence-electron chi connectivity index (χ4n) is 2.38. The number of fused-ring (bicyclic) bond motifs is 1. The molecule has 0 unspecified atom stereocenters. The Morgan fingerprint density at radius 3 is 2.77 bits per heavy atom. The van der Waals surface area contributed by atoms with E-state index in [-0.39, 0.29) is 0 Å². The molecule has 3 aromatic heterocycles. The number of hydrogen-bond donors (Lipinski definition) is 0. The lowest BCUT2D eigenvalue weighted by molar-refractivity contribution is 0.373. The van der Waals surface area contributed by atoms with Gasteiger partial charge in [-0.2, -0.15) is 5.10 Å². The Hall–Kier alpha value is -1.06. The van der Waals surface area contributed by atoms with Crippen molar-refractivity contribution in [2.75, 3.05) is 20.6 Å². The van der Waals surface area contributed by atoms with Crippen LogP contribution in [0.5, 0.6) is 0 Å². The maximum absolute atomic E-state index is 4.62. The van der Waals surface area contributed by atoms with Gasteiger partial charge in [-0.05, 0) is 32.6 Å². The Morgan fingerprint density at radius 1 is 1.23 bits per heavy atom. The second-order valence-electron chi connectivity index (χ2n) is 5.60. The van der Waals surface area contributed by atoms with E-state index >= 15 is 0 Å². The molecule has 0 radical (unpaired) electrons. The van der Waals surface area contributed by atoms with Crippen molar-refractivity contribution in [1.29, 1.82) is 0 Å². The van der Waals surface area contributed by atoms with E-state index in [1.807, 2.05) is 17.1 Å². The smallest absolute Gasteiger partial charge is 0.150 e. The van der Waals surface area contributed by atoms with Crippen LogP contribution in [0.3, 0.4) is 0 Å². The Morgan fingerprint density at radius 2 is 2.05 bits per heavy atom. The monoisotopic (exact) mass is 427 g/mol. The van der Waals surface area contributed by atoms with Crippen molar-refractivity contribution in [2.45, 2.75) is 13.5 Å². The van der Waals surface area contributed by atoms with Crippen molar-refractivity contribution in [3.63, 3.8) is 0 Å². The molecule has 3 aromatic rings. The Labute approximate surface area is 146 Å². The average Bonchev–Trinajstić information content (AvgIpc) is 3.10. The summed E-state index contributed by atoms with van der Waals surface area (Å²) in [5.41, 5.74) is 4.49. The lowest BCUT2D eigenvalue weighted by Gasteiger charge is -2.08. The SMILES string of the molecule is Cc1cn(SI)c2ncc(-c3cnn(CCN(C)C)c3)cc12. The summed E-state index contributed by atoms with van der Waals surface area (Å²) < 4.78 is 4.08. The van der Waals surface area contributed by atoms with Gasteiger partial charge in [0.1, 0.15) is 0 Å². The van der Waals surface area contributed by atoms with E-state index in [9.17, 15) is 0 Å². The number of likely N-dealkylation sites (N-methyl/N-ethyl adjacent to an activating group) is 1. The van der Waals surface area contributed by atoms with Gasteiger partial charge in [0.05, 0.1) is 12.7 Å². The Kier molecular flexibility index (Phi) is 4.74. The van der Waals surface area contributed by atoms with Crippen LogP contribution in [0.15, 0.2) is 30.9 Å². The van der Waals surface area contributed by atoms with Crippen molar-refractivity contribution >= 4 is 41.4 Å². The molecule has 0 bridgehead atoms. The van der Waals surface area contributed by atoms with Crippen molar-refractivity contribution in [2.24, 2.45) is 0 Å². The molecule has 0 atom stereocenters. The predicted molar refractivity (Wildman–Crippen MR) is 101 cm³/mol. The summed E-state index contributed by atoms with van der Waals surface area (Å²) >= 11 is 2.27. The number of aryl methyl sites for hydroxylation is 1. The van der Waals surface area contributed by atoms with E-state index in [0.29, 0.717) is 0 Å². The molecule has 3 heterocycles. The summed E-state index contributed by atoms with van der Waals surface area (Å²) in [6.45, 7) is 3.99. The molecular formula is C15H18IN5S. The molecule has 0 saturated heterocycles. The minimum atomic E-state index is 0.892. The molecule has 0 aliphatic rings. The second kappa shape index (κ2) is 6.59. The van der Waals surface area contributed by atoms with Crippen molar-refractivity contribution in [3.05, 3.63) is 36.4 Å². The van der Waals surface area contributed by atoms with Crippen LogP contribution in [0.1, 0.15) is 5.56 Å². The van der Waals surface area contributed by atoms with Crippen LogP contribution >= 0.6 is 30.3 Å². The van der Waals surface area contributed by atoms with Gasteiger partial charge in [0.25, 0.3) is 0 Å². The quantitative estimate of drug-likeness (QED) is 0.584. The molecule has 116 valence electrons. The van der Waals surface area contributed by atoms with Gasteiger partial charge < -0.3 is 4.90 Å². The van der Waals surface area contributed by atoms with Gasteiger partial charge in [0, 0.05) is 72.0 Å². The van der Waals surface area contributed by atoms with Gasteiger partial charge in [0.15, 0.2) is 5.65 Å². The highest BCUT2D eigenvalue weighted by atomic mass is 127. The van der Waals surface area contributed by atoms with Crippen LogP contribution < -0.4 is 0 Å². The molecule has 0 aliphatic heterocycles. The van der Waals surface area contributed by atoms with Crippen molar-refractivity contribution in [3.8, 4) is 11.1 Å². The zero-order valence-electron chi connectivity index (χ0n) is 12.8. The van der Waals surface area contributed by atoms with Crippen LogP contribution in [-0.4, -0.2) is 44.3 Å². The topological polar surface area (TPSA) is 38.9 Å². The summed E-state index contributed by atoms with van der Waals surface area (Å²) in [4.78, 5) is 6.78. The number of halogens is 1. The average molecular weight is 427 g/mol. The first-order valence-electron chi connectivity index (χ1n) is 7.03. The third-order valence-electron chi connectivity index (χ3n) is 3.63. The molecule has 0 saturated carbocycles. The van der Waals surface area contributed by atoms with Crippen molar-refractivity contribution < 1.29 is 0 Å². The van der Waals surface area contributed by atoms with Crippen molar-refractivity contribution in [1.82, 2.24) is 23.6 Å². The summed E-state index contributed by atoms with van der Waals surface area (Å²) in [6, 6.07) is 2.20. The Balaban J connectivity index is 1.92. The molecule has 0 aromatic carbocycles. The number of pyridine rings is 1. The molecule has 0 aliphatic carbocycles. The van der Waals surface area contributed by atoms with E-state index in [1.54, 1.807) is 9.12 Å². The molecule has 5 nitrogen and oxygen atoms in total. The van der Waals surface area contributed by atoms with Gasteiger partial charge in [-0.3, -0.25) is 8.65 Å². The molecule has 7 heteroatoms. The second-order valence-corrected chi connectivity index (χ2v) is 7.31. The Bertz CT molecular complexity index is 792. The predicted octanol–water partition coefficient (Wildman–Crippen LogP) is 3.62. The zero-order valence-corrected chi connectivity index (χ0v) is 15.8. The number of aromatic nitrogens is 4. The number of hydrogen-bond acceptors (Lipinski definition) is 4. The third kappa shape index (κ3) is 3.16. The highest BCUT2D eigenvalue weighted by molar-refractivity contribution is 14.2. The summed E-state index contributed by atoms with van der Waals surface area (Å²) in [6.07, 6.45) is 8.06. The van der Waals surface area contributed by atoms with Crippen LogP contribution in [0, 0.1) is 6.92 Å². The highest BCUT2D eigenvalue weighted by Crippen LogP contribution is 2.29. The third-order valence-corrected chi connectivity index (χ3v) is 5.33. The lowest BCUT2D eigenvalue weighted by Crippen LogP contribution is -2.18. The molecule has 0 amide bonds. The van der Waals surface area contributed by atoms with Gasteiger partial charge in [0.2, 0.25) is 0 Å². The summed E-state index contributed by atoms with van der Waals surface area (Å²) in [5, 5.41) is 5.64. The van der Waals surface area contributed by atoms with Crippen LogP contribution in [0.4, 0.5) is 0 Å². The van der Waals surface area contributed by atoms with Gasteiger partial charge in [-0.15, -0.1) is 0 Å². The molecule has 0 N–H and O–H groups in total. The normalized spacial score (nSPS) is 11.7. The first kappa shape index (κ1) is 15.8. The first-order valence-corrected chi connectivity index (χ1v) is 10.3. The maximum atomic E-state index is 4.62. The van der Waals surface area contributed by atoms with Gasteiger partial charge in [-0.1, -0.05) is 0 Å². The number of nitrogens with zero attached hydrogens (tertiary/aromatic N) is 5. The van der Waals surface area contributed by atoms with E-state index in [1.165, 1.54) is 10.9 Å². The van der Waals surface area contributed by atoms with E-state index in [0.717, 1.165) is 29.9 Å². The highest BCUT2D eigenvalue weighted by Gasteiger charge is 2.10. The summed E-state index contributed by atoms with van der Waals surface area (Å²) in [7, 11) is 5.78. The fraction of sp³-hybridized carbons (Fsp3) is 0.333. The van der Waals surface area contributed by atoms with Gasteiger partial charge in [-0.25, -0.2) is 4.98 Å². The minimum absolute atomic E-state index is 0.892. The molecular weight excluding hydrogens is 409 g/mol. The molecule has 0 spiro atoms.